The second-order valence-electron chi connectivity index (χ2n) is 16.4. The first-order valence-electron chi connectivity index (χ1n) is 20.4. The molecule has 9 rings (SSSR count). The van der Waals surface area contributed by atoms with Gasteiger partial charge in [0.1, 0.15) is 23.1 Å². The maximum atomic E-state index is 15.4. The molecule has 0 spiro atoms. The Morgan fingerprint density at radius 1 is 0.806 bits per heavy atom. The van der Waals surface area contributed by atoms with Crippen LogP contribution in [0.2, 0.25) is 5.02 Å². The Morgan fingerprint density at radius 3 is 2.16 bits per heavy atom. The van der Waals surface area contributed by atoms with Gasteiger partial charge in [-0.25, -0.2) is 4.39 Å². The molecule has 5 aromatic carbocycles. The molecule has 1 saturated carbocycles. The van der Waals surface area contributed by atoms with Gasteiger partial charge < -0.3 is 14.6 Å². The van der Waals surface area contributed by atoms with Crippen LogP contribution in [-0.2, 0) is 24.6 Å². The van der Waals surface area contributed by atoms with Crippen LogP contribution in [0.1, 0.15) is 52.1 Å². The molecule has 5 aromatic rings. The largest absolute Gasteiger partial charge is 0.507 e. The molecule has 6 atom stereocenters. The first-order chi connectivity index (χ1) is 29.8. The van der Waals surface area contributed by atoms with Gasteiger partial charge in [-0.1, -0.05) is 71.8 Å². The number of amides is 4. The third-order valence-electron chi connectivity index (χ3n) is 13.1. The van der Waals surface area contributed by atoms with Crippen LogP contribution in [0.4, 0.5) is 15.8 Å². The smallest absolute Gasteiger partial charge is 0.260 e. The lowest BCUT2D eigenvalue weighted by atomic mass is 9.49. The number of phenols is 1. The number of allylic oxidation sites excluding steroid dienone is 2. The number of benzene rings is 5. The van der Waals surface area contributed by atoms with Gasteiger partial charge in [-0.3, -0.25) is 29.5 Å². The maximum Gasteiger partial charge on any atom is 0.260 e. The second kappa shape index (κ2) is 15.6. The summed E-state index contributed by atoms with van der Waals surface area (Å²) in [6.07, 6.45) is 6.13. The zero-order chi connectivity index (χ0) is 43.6. The molecule has 0 aromatic heterocycles. The highest BCUT2D eigenvalue weighted by molar-refractivity contribution is 6.30. The van der Waals surface area contributed by atoms with Gasteiger partial charge in [0.05, 0.1) is 48.8 Å². The minimum atomic E-state index is -1.54. The number of phenolic OH excluding ortho intramolecular Hbond substituents is 1. The molecule has 0 radical (unpaired) electrons. The van der Waals surface area contributed by atoms with E-state index in [1.165, 1.54) is 29.2 Å². The molecule has 2 saturated heterocycles. The van der Waals surface area contributed by atoms with E-state index in [1.54, 1.807) is 64.5 Å². The van der Waals surface area contributed by atoms with E-state index in [0.717, 1.165) is 21.7 Å². The summed E-state index contributed by atoms with van der Waals surface area (Å²) in [6.45, 7) is 3.56. The minimum Gasteiger partial charge on any atom is -0.507 e. The fourth-order valence-electron chi connectivity index (χ4n) is 10.3. The molecule has 0 bridgehead atoms. The summed E-state index contributed by atoms with van der Waals surface area (Å²) in [4.78, 5) is 60.9. The van der Waals surface area contributed by atoms with E-state index >= 15 is 4.79 Å². The molecular weight excluding hydrogens is 809 g/mol. The van der Waals surface area contributed by atoms with Gasteiger partial charge in [0, 0.05) is 16.5 Å². The van der Waals surface area contributed by atoms with E-state index < -0.39 is 52.6 Å². The third-order valence-corrected chi connectivity index (χ3v) is 13.4. The molecule has 6 unspecified atom stereocenters. The summed E-state index contributed by atoms with van der Waals surface area (Å²) in [5.74, 6) is -4.64. The normalized spacial score (nSPS) is 24.2. The van der Waals surface area contributed by atoms with Crippen LogP contribution in [0.5, 0.6) is 17.2 Å². The van der Waals surface area contributed by atoms with Crippen LogP contribution >= 0.6 is 11.6 Å². The number of hydrazine groups is 1. The Labute approximate surface area is 363 Å². The standard InChI is InChI=1S/C50H43ClFN3O7/c1-27-23-31(24-28(2)45(27)56)44-38-20-21-39-43(48(59)54(46(39)57)36-17-6-29(7-18-36)5-8-30-25-37(61-3)19-22-42(30)62-4)40(38)26-41-47(58)55(53-35-15-13-34(52)14-16-35)49(60)50(41,44)32-9-11-33(51)12-10-32/h5-20,22-25,39-41,43-44,53,56H,21,26H2,1-4H3. The number of nitrogens with one attached hydrogen (secondary N) is 1. The predicted molar refractivity (Wildman–Crippen MR) is 234 cm³/mol. The number of ether oxygens (including phenoxy) is 2. The van der Waals surface area contributed by atoms with Crippen molar-refractivity contribution in [1.29, 1.82) is 0 Å². The average molecular weight is 852 g/mol. The number of carbonyl (C=O) groups is 4. The first kappa shape index (κ1) is 40.7. The number of anilines is 2. The number of halogens is 2. The van der Waals surface area contributed by atoms with Crippen LogP contribution in [0.3, 0.4) is 0 Å². The number of aryl methyl sites for hydroxylation is 2. The topological polar surface area (TPSA) is 125 Å². The zero-order valence-corrected chi connectivity index (χ0v) is 35.2. The number of hydrogen-bond donors (Lipinski definition) is 2. The summed E-state index contributed by atoms with van der Waals surface area (Å²) in [7, 11) is 3.19. The summed E-state index contributed by atoms with van der Waals surface area (Å²) in [5, 5.41) is 12.4. The fourth-order valence-corrected chi connectivity index (χ4v) is 10.5. The van der Waals surface area contributed by atoms with Crippen LogP contribution in [0.25, 0.3) is 12.2 Å². The number of fused-ring (bicyclic) bond motifs is 4. The molecule has 12 heteroatoms. The van der Waals surface area contributed by atoms with Crippen LogP contribution < -0.4 is 19.8 Å². The Bertz CT molecular complexity index is 2690. The van der Waals surface area contributed by atoms with E-state index in [4.69, 9.17) is 21.1 Å². The lowest BCUT2D eigenvalue weighted by Crippen LogP contribution is -2.53. The van der Waals surface area contributed by atoms with Crippen LogP contribution in [0, 0.1) is 43.3 Å². The van der Waals surface area contributed by atoms with Crippen molar-refractivity contribution in [3.8, 4) is 17.2 Å². The van der Waals surface area contributed by atoms with E-state index in [-0.39, 0.29) is 30.4 Å². The third kappa shape index (κ3) is 6.45. The second-order valence-corrected chi connectivity index (χ2v) is 16.9. The van der Waals surface area contributed by atoms with Gasteiger partial charge in [-0.05, 0) is 127 Å². The number of rotatable bonds is 9. The van der Waals surface area contributed by atoms with Crippen molar-refractivity contribution in [2.45, 2.75) is 38.0 Å². The Hall–Kier alpha value is -6.72. The zero-order valence-electron chi connectivity index (χ0n) is 34.4. The van der Waals surface area contributed by atoms with Crippen molar-refractivity contribution in [3.05, 3.63) is 159 Å². The molecule has 2 heterocycles. The molecule has 314 valence electrons. The van der Waals surface area contributed by atoms with Crippen molar-refractivity contribution in [2.24, 2.45) is 23.7 Å². The average Bonchev–Trinajstić information content (AvgIpc) is 3.65. The molecule has 62 heavy (non-hydrogen) atoms. The fraction of sp³-hybridized carbons (Fsp3) is 0.240. The first-order valence-corrected chi connectivity index (χ1v) is 20.8. The van der Waals surface area contributed by atoms with Crippen LogP contribution in [0.15, 0.2) is 115 Å². The lowest BCUT2D eigenvalue weighted by Gasteiger charge is -2.50. The molecule has 10 nitrogen and oxygen atoms in total. The van der Waals surface area contributed by atoms with Crippen molar-refractivity contribution >= 4 is 58.8 Å². The highest BCUT2D eigenvalue weighted by Gasteiger charge is 2.70. The Kier molecular flexibility index (Phi) is 10.3. The maximum absolute atomic E-state index is 15.4. The number of imide groups is 2. The van der Waals surface area contributed by atoms with Crippen molar-refractivity contribution in [1.82, 2.24) is 5.01 Å². The number of carbonyl (C=O) groups excluding carboxylic acids is 4. The Balaban J connectivity index is 1.12. The van der Waals surface area contributed by atoms with Gasteiger partial charge in [-0.15, -0.1) is 0 Å². The highest BCUT2D eigenvalue weighted by Crippen LogP contribution is 2.64. The summed E-state index contributed by atoms with van der Waals surface area (Å²) >= 11 is 6.42. The van der Waals surface area contributed by atoms with E-state index in [2.05, 4.69) is 5.43 Å². The van der Waals surface area contributed by atoms with Crippen molar-refractivity contribution in [2.75, 3.05) is 24.5 Å². The van der Waals surface area contributed by atoms with E-state index in [1.807, 2.05) is 60.7 Å². The van der Waals surface area contributed by atoms with Gasteiger partial charge in [-0.2, -0.15) is 5.01 Å². The molecular formula is C50H43ClFN3O7. The molecule has 3 fully saturated rings. The van der Waals surface area contributed by atoms with Gasteiger partial charge in [0.25, 0.3) is 11.8 Å². The number of aromatic hydroxyl groups is 1. The molecule has 2 aliphatic heterocycles. The number of hydrogen-bond acceptors (Lipinski definition) is 8. The van der Waals surface area contributed by atoms with Crippen molar-refractivity contribution < 1.29 is 38.1 Å². The van der Waals surface area contributed by atoms with Crippen LogP contribution in [-0.4, -0.2) is 48.0 Å². The number of nitrogens with zero attached hydrogens (tertiary/aromatic N) is 2. The van der Waals surface area contributed by atoms with Gasteiger partial charge in [0.15, 0.2) is 0 Å². The molecule has 4 amide bonds. The summed E-state index contributed by atoms with van der Waals surface area (Å²) in [6, 6.07) is 28.6. The number of methoxy groups -OCH3 is 2. The quantitative estimate of drug-likeness (QED) is 0.0855. The predicted octanol–water partition coefficient (Wildman–Crippen LogP) is 9.18. The highest BCUT2D eigenvalue weighted by atomic mass is 35.5. The molecule has 2 aliphatic carbocycles. The van der Waals surface area contributed by atoms with Gasteiger partial charge >= 0.3 is 0 Å². The summed E-state index contributed by atoms with van der Waals surface area (Å²) in [5.41, 5.74) is 7.02. The Morgan fingerprint density at radius 2 is 1.50 bits per heavy atom. The van der Waals surface area contributed by atoms with E-state index in [9.17, 15) is 23.9 Å². The minimum absolute atomic E-state index is 0.0959. The van der Waals surface area contributed by atoms with E-state index in [0.29, 0.717) is 50.2 Å². The lowest BCUT2D eigenvalue weighted by molar-refractivity contribution is -0.138. The monoisotopic (exact) mass is 851 g/mol. The van der Waals surface area contributed by atoms with Gasteiger partial charge in [0.2, 0.25) is 11.8 Å². The SMILES string of the molecule is COc1ccc(OC)c(C=Cc2ccc(N3C(=O)C4CC=C5C(CC6C(=O)N(Nc7ccc(F)cc7)C(=O)C6(c6ccc(Cl)cc6)C5c5cc(C)c(O)c(C)c5)C4C3=O)cc2)c1. The van der Waals surface area contributed by atoms with Crippen molar-refractivity contribution in [3.63, 3.8) is 0 Å². The summed E-state index contributed by atoms with van der Waals surface area (Å²) < 4.78 is 24.9. The molecule has 2 N–H and O–H groups in total. The molecule has 4 aliphatic rings.